The molecule has 0 spiro atoms. The number of ether oxygens (including phenoxy) is 1. The predicted molar refractivity (Wildman–Crippen MR) is 79.6 cm³/mol. The van der Waals surface area contributed by atoms with Gasteiger partial charge in [0.15, 0.2) is 0 Å². The molecular formula is C13H16N2O4PS-. The number of nitrogens with zero attached hydrogens (tertiary/aromatic N) is 1. The lowest BCUT2D eigenvalue weighted by atomic mass is 10.1. The molecule has 8 heteroatoms. The zero-order chi connectivity index (χ0) is 15.7. The van der Waals surface area contributed by atoms with Crippen molar-refractivity contribution < 1.29 is 18.9 Å². The number of carbonyl (C=O) groups is 1. The normalized spacial score (nSPS) is 14.7. The van der Waals surface area contributed by atoms with Crippen molar-refractivity contribution in [2.45, 2.75) is 18.9 Å². The summed E-state index contributed by atoms with van der Waals surface area (Å²) in [5, 5.41) is 10.9. The maximum Gasteiger partial charge on any atom is 0.323 e. The van der Waals surface area contributed by atoms with Gasteiger partial charge in [-0.05, 0) is 12.0 Å². The molecule has 1 aromatic rings. The lowest BCUT2D eigenvalue weighted by Crippen LogP contribution is -2.40. The summed E-state index contributed by atoms with van der Waals surface area (Å²) in [6.07, 6.45) is 0.347. The van der Waals surface area contributed by atoms with Crippen molar-refractivity contribution in [3.05, 3.63) is 35.9 Å². The molecule has 0 saturated heterocycles. The number of benzene rings is 1. The van der Waals surface area contributed by atoms with Crippen LogP contribution < -0.4 is 9.98 Å². The van der Waals surface area contributed by atoms with E-state index < -0.39 is 18.7 Å². The molecule has 21 heavy (non-hydrogen) atoms. The average Bonchev–Trinajstić information content (AvgIpc) is 2.46. The van der Waals surface area contributed by atoms with E-state index in [0.717, 1.165) is 5.56 Å². The minimum Gasteiger partial charge on any atom is -0.789 e. The number of rotatable bonds is 8. The van der Waals surface area contributed by atoms with Gasteiger partial charge in [-0.1, -0.05) is 42.1 Å². The Hall–Kier alpha value is -1.29. The molecule has 1 rings (SSSR count). The molecule has 1 aromatic carbocycles. The van der Waals surface area contributed by atoms with Gasteiger partial charge in [-0.3, -0.25) is 9.88 Å². The van der Waals surface area contributed by atoms with Gasteiger partial charge in [0.1, 0.15) is 6.04 Å². The third-order valence-corrected chi connectivity index (χ3v) is 4.34. The van der Waals surface area contributed by atoms with Crippen LogP contribution in [0.1, 0.15) is 12.0 Å². The number of hydrogen-bond donors (Lipinski definition) is 1. The molecule has 6 nitrogen and oxygen atoms in total. The Balaban J connectivity index is 2.72. The maximum absolute atomic E-state index is 12.1. The molecule has 0 heterocycles. The summed E-state index contributed by atoms with van der Waals surface area (Å²) >= 11 is 4.82. The van der Waals surface area contributed by atoms with Crippen molar-refractivity contribution in [2.75, 3.05) is 13.7 Å². The van der Waals surface area contributed by atoms with Crippen LogP contribution in [0.5, 0.6) is 0 Å². The highest BCUT2D eigenvalue weighted by Gasteiger charge is 2.22. The van der Waals surface area contributed by atoms with E-state index in [-0.39, 0.29) is 19.4 Å². The Bertz CT molecular complexity index is 547. The Morgan fingerprint density at radius 3 is 2.76 bits per heavy atom. The zero-order valence-corrected chi connectivity index (χ0v) is 13.2. The molecule has 0 bridgehead atoms. The monoisotopic (exact) mass is 327 g/mol. The van der Waals surface area contributed by atoms with Crippen LogP contribution in [0.2, 0.25) is 0 Å². The predicted octanol–water partition coefficient (Wildman–Crippen LogP) is 0.875. The minimum atomic E-state index is -3.60. The van der Waals surface area contributed by atoms with Gasteiger partial charge in [-0.2, -0.15) is 5.26 Å². The summed E-state index contributed by atoms with van der Waals surface area (Å²) in [6, 6.07) is 10.2. The Kier molecular flexibility index (Phi) is 7.51. The van der Waals surface area contributed by atoms with E-state index in [1.165, 1.54) is 7.11 Å². The molecule has 0 radical (unpaired) electrons. The van der Waals surface area contributed by atoms with E-state index >= 15 is 0 Å². The van der Waals surface area contributed by atoms with Gasteiger partial charge in [-0.15, -0.1) is 0 Å². The first-order chi connectivity index (χ1) is 9.98. The fraction of sp³-hybridized carbons (Fsp3) is 0.385. The van der Waals surface area contributed by atoms with Gasteiger partial charge in [0, 0.05) is 0 Å². The molecule has 1 N–H and O–H groups in total. The molecule has 0 aliphatic rings. The molecular weight excluding hydrogens is 311 g/mol. The summed E-state index contributed by atoms with van der Waals surface area (Å²) in [4.78, 5) is 23.8. The summed E-state index contributed by atoms with van der Waals surface area (Å²) in [5.74, 6) is -0.576. The summed E-state index contributed by atoms with van der Waals surface area (Å²) in [7, 11) is 1.24. The molecule has 0 saturated carbocycles. The van der Waals surface area contributed by atoms with Crippen molar-refractivity contribution in [1.29, 1.82) is 5.26 Å². The lowest BCUT2D eigenvalue weighted by Gasteiger charge is -2.32. The van der Waals surface area contributed by atoms with Crippen molar-refractivity contribution >= 4 is 24.4 Å². The van der Waals surface area contributed by atoms with E-state index in [9.17, 15) is 9.69 Å². The second kappa shape index (κ2) is 8.88. The van der Waals surface area contributed by atoms with Crippen LogP contribution >= 0.6 is 6.64 Å². The molecule has 2 atom stereocenters. The van der Waals surface area contributed by atoms with Crippen molar-refractivity contribution in [3.63, 3.8) is 0 Å². The summed E-state index contributed by atoms with van der Waals surface area (Å²) in [5.41, 5.74) is 0.868. The van der Waals surface area contributed by atoms with Crippen LogP contribution in [-0.4, -0.2) is 25.7 Å². The third-order valence-electron chi connectivity index (χ3n) is 2.56. The molecule has 0 aliphatic heterocycles. The fourth-order valence-electron chi connectivity index (χ4n) is 1.61. The van der Waals surface area contributed by atoms with Gasteiger partial charge >= 0.3 is 5.97 Å². The minimum absolute atomic E-state index is 0.0521. The van der Waals surface area contributed by atoms with Gasteiger partial charge in [0.05, 0.1) is 32.8 Å². The maximum atomic E-state index is 12.1. The van der Waals surface area contributed by atoms with Crippen molar-refractivity contribution in [1.82, 2.24) is 5.09 Å². The highest BCUT2D eigenvalue weighted by Crippen LogP contribution is 2.33. The Morgan fingerprint density at radius 2 is 2.19 bits per heavy atom. The second-order valence-electron chi connectivity index (χ2n) is 4.13. The Labute approximate surface area is 128 Å². The van der Waals surface area contributed by atoms with E-state index in [1.807, 2.05) is 36.4 Å². The number of methoxy groups -OCH3 is 1. The van der Waals surface area contributed by atoms with Gasteiger partial charge in [-0.25, -0.2) is 0 Å². The first-order valence-electron chi connectivity index (χ1n) is 6.20. The molecule has 0 aromatic heterocycles. The fourth-order valence-corrected chi connectivity index (χ4v) is 3.20. The van der Waals surface area contributed by atoms with Crippen LogP contribution in [0.3, 0.4) is 0 Å². The largest absolute Gasteiger partial charge is 0.789 e. The number of esters is 1. The lowest BCUT2D eigenvalue weighted by molar-refractivity contribution is -0.187. The van der Waals surface area contributed by atoms with E-state index in [0.29, 0.717) is 0 Å². The Morgan fingerprint density at radius 1 is 1.52 bits per heavy atom. The van der Waals surface area contributed by atoms with Gasteiger partial charge in [0.25, 0.3) is 0 Å². The second-order valence-corrected chi connectivity index (χ2v) is 7.09. The summed E-state index contributed by atoms with van der Waals surface area (Å²) < 4.78 is 9.64. The van der Waals surface area contributed by atoms with Crippen LogP contribution in [0, 0.1) is 11.3 Å². The van der Waals surface area contributed by atoms with Crippen LogP contribution in [-0.2, 0) is 32.3 Å². The SMILES string of the molecule is COC(=O)C(Cc1ccccc1)NP([O-])(=S)OCCC#N. The molecule has 114 valence electrons. The van der Waals surface area contributed by atoms with Crippen molar-refractivity contribution in [3.8, 4) is 6.07 Å². The highest BCUT2D eigenvalue weighted by molar-refractivity contribution is 8.07. The molecule has 0 amide bonds. The van der Waals surface area contributed by atoms with Crippen molar-refractivity contribution in [2.24, 2.45) is 0 Å². The number of nitrogens with one attached hydrogen (secondary N) is 1. The number of hydrogen-bond acceptors (Lipinski definition) is 6. The summed E-state index contributed by atoms with van der Waals surface area (Å²) in [6.45, 7) is -3.65. The smallest absolute Gasteiger partial charge is 0.323 e. The molecule has 2 unspecified atom stereocenters. The van der Waals surface area contributed by atoms with Crippen LogP contribution in [0.25, 0.3) is 0 Å². The topological polar surface area (TPSA) is 94.4 Å². The van der Waals surface area contributed by atoms with Crippen LogP contribution in [0.4, 0.5) is 0 Å². The average molecular weight is 327 g/mol. The first-order valence-corrected chi connectivity index (χ1v) is 8.84. The standard InChI is InChI=1S/C13H17N2O4PS/c1-18-13(16)12(10-11-6-3-2-4-7-11)15-20(17,21)19-9-5-8-14/h2-4,6-7,12H,5,9-10H2,1H3,(H2,15,17,21)/p-1. The molecule has 0 fully saturated rings. The number of nitriles is 1. The van der Waals surface area contributed by atoms with Gasteiger partial charge in [0.2, 0.25) is 0 Å². The quantitative estimate of drug-likeness (QED) is 0.430. The van der Waals surface area contributed by atoms with E-state index in [1.54, 1.807) is 0 Å². The molecule has 0 aliphatic carbocycles. The van der Waals surface area contributed by atoms with E-state index in [2.05, 4.69) is 9.82 Å². The third kappa shape index (κ3) is 6.80. The number of carbonyl (C=O) groups excluding carboxylic acids is 1. The highest BCUT2D eigenvalue weighted by atomic mass is 32.5. The van der Waals surface area contributed by atoms with Gasteiger partial charge < -0.3 is 14.2 Å². The first kappa shape index (κ1) is 17.8. The van der Waals surface area contributed by atoms with E-state index in [4.69, 9.17) is 21.6 Å². The van der Waals surface area contributed by atoms with Crippen LogP contribution in [0.15, 0.2) is 30.3 Å². The zero-order valence-electron chi connectivity index (χ0n) is 11.5.